The highest BCUT2D eigenvalue weighted by molar-refractivity contribution is 6.01. The molecule has 3 nitrogen and oxygen atoms in total. The van der Waals surface area contributed by atoms with Crippen LogP contribution in [-0.2, 0) is 0 Å². The van der Waals surface area contributed by atoms with Crippen molar-refractivity contribution >= 4 is 18.3 Å². The Bertz CT molecular complexity index is 433. The van der Waals surface area contributed by atoms with Gasteiger partial charge in [-0.1, -0.05) is 43.2 Å². The SMILES string of the molecule is C=N/C(=N\N=C(/C)CCC)c1ccc(C)cc1.[HH]. The molecule has 0 radical (unpaired) electrons. The molecule has 0 bridgehead atoms. The summed E-state index contributed by atoms with van der Waals surface area (Å²) in [7, 11) is 0. The molecule has 0 atom stereocenters. The van der Waals surface area contributed by atoms with Gasteiger partial charge in [-0.2, -0.15) is 5.10 Å². The fourth-order valence-corrected chi connectivity index (χ4v) is 1.43. The number of aliphatic imine (C=N–C) groups is 1. The number of hydrogen-bond acceptors (Lipinski definition) is 2. The molecule has 0 amide bonds. The average molecular weight is 231 g/mol. The summed E-state index contributed by atoms with van der Waals surface area (Å²) in [5.74, 6) is 0.570. The summed E-state index contributed by atoms with van der Waals surface area (Å²) in [4.78, 5) is 3.91. The third kappa shape index (κ3) is 4.31. The molecule has 0 aliphatic heterocycles. The van der Waals surface area contributed by atoms with Crippen LogP contribution >= 0.6 is 0 Å². The van der Waals surface area contributed by atoms with Crippen molar-refractivity contribution in [3.8, 4) is 0 Å². The van der Waals surface area contributed by atoms with Crippen LogP contribution in [0.1, 0.15) is 39.2 Å². The number of nitrogens with zero attached hydrogens (tertiary/aromatic N) is 3. The van der Waals surface area contributed by atoms with Crippen LogP contribution in [0.25, 0.3) is 0 Å². The maximum absolute atomic E-state index is 4.15. The van der Waals surface area contributed by atoms with Crippen molar-refractivity contribution in [3.05, 3.63) is 35.4 Å². The predicted molar refractivity (Wildman–Crippen MR) is 77.4 cm³/mol. The van der Waals surface area contributed by atoms with Crippen molar-refractivity contribution in [1.82, 2.24) is 0 Å². The summed E-state index contributed by atoms with van der Waals surface area (Å²) in [6.07, 6.45) is 2.04. The monoisotopic (exact) mass is 231 g/mol. The zero-order valence-electron chi connectivity index (χ0n) is 10.8. The average Bonchev–Trinajstić information content (AvgIpc) is 2.32. The van der Waals surface area contributed by atoms with Gasteiger partial charge in [0, 0.05) is 12.7 Å². The van der Waals surface area contributed by atoms with Gasteiger partial charge >= 0.3 is 0 Å². The number of amidine groups is 1. The van der Waals surface area contributed by atoms with Gasteiger partial charge in [0.05, 0.1) is 0 Å². The smallest absolute Gasteiger partial charge is 0.181 e. The van der Waals surface area contributed by atoms with Crippen LogP contribution in [-0.4, -0.2) is 18.3 Å². The lowest BCUT2D eigenvalue weighted by atomic mass is 10.1. The lowest BCUT2D eigenvalue weighted by Gasteiger charge is -2.00. The van der Waals surface area contributed by atoms with Crippen molar-refractivity contribution in [3.63, 3.8) is 0 Å². The number of aryl methyl sites for hydroxylation is 1. The highest BCUT2D eigenvalue weighted by Gasteiger charge is 1.99. The fraction of sp³-hybridized carbons (Fsp3) is 0.357. The molecule has 0 aliphatic rings. The normalized spacial score (nSPS) is 12.6. The largest absolute Gasteiger partial charge is 0.243 e. The zero-order chi connectivity index (χ0) is 12.7. The van der Waals surface area contributed by atoms with E-state index in [0.717, 1.165) is 24.1 Å². The molecule has 0 heterocycles. The van der Waals surface area contributed by atoms with Crippen molar-refractivity contribution in [2.24, 2.45) is 15.2 Å². The molecule has 1 rings (SSSR count). The Hall–Kier alpha value is -1.77. The summed E-state index contributed by atoms with van der Waals surface area (Å²) >= 11 is 0. The van der Waals surface area contributed by atoms with Gasteiger partial charge in [0.15, 0.2) is 5.84 Å². The molecular formula is C14H21N3. The Labute approximate surface area is 104 Å². The van der Waals surface area contributed by atoms with Crippen molar-refractivity contribution < 1.29 is 1.43 Å². The van der Waals surface area contributed by atoms with E-state index >= 15 is 0 Å². The van der Waals surface area contributed by atoms with Gasteiger partial charge in [0.1, 0.15) is 0 Å². The second-order valence-corrected chi connectivity index (χ2v) is 4.03. The predicted octanol–water partition coefficient (Wildman–Crippen LogP) is 3.86. The highest BCUT2D eigenvalue weighted by atomic mass is 15.2. The fourth-order valence-electron chi connectivity index (χ4n) is 1.43. The van der Waals surface area contributed by atoms with E-state index in [1.807, 2.05) is 38.1 Å². The number of hydrogen-bond donors (Lipinski definition) is 0. The molecule has 0 saturated carbocycles. The van der Waals surface area contributed by atoms with E-state index < -0.39 is 0 Å². The zero-order valence-corrected chi connectivity index (χ0v) is 10.8. The van der Waals surface area contributed by atoms with E-state index in [0.29, 0.717) is 5.84 Å². The van der Waals surface area contributed by atoms with Crippen LogP contribution in [0.15, 0.2) is 39.5 Å². The molecule has 1 aromatic carbocycles. The molecule has 0 aromatic heterocycles. The van der Waals surface area contributed by atoms with Crippen LogP contribution < -0.4 is 0 Å². The van der Waals surface area contributed by atoms with E-state index in [1.165, 1.54) is 5.56 Å². The molecule has 1 aromatic rings. The first-order valence-electron chi connectivity index (χ1n) is 5.82. The van der Waals surface area contributed by atoms with Gasteiger partial charge in [-0.25, -0.2) is 4.99 Å². The molecule has 0 spiro atoms. The van der Waals surface area contributed by atoms with E-state index in [1.54, 1.807) is 0 Å². The maximum atomic E-state index is 4.15. The van der Waals surface area contributed by atoms with Crippen LogP contribution in [0, 0.1) is 6.92 Å². The minimum Gasteiger partial charge on any atom is -0.243 e. The third-order valence-corrected chi connectivity index (χ3v) is 2.39. The van der Waals surface area contributed by atoms with Gasteiger partial charge in [-0.3, -0.25) is 0 Å². The first-order valence-corrected chi connectivity index (χ1v) is 5.82. The first kappa shape index (κ1) is 13.3. The van der Waals surface area contributed by atoms with Gasteiger partial charge in [0.25, 0.3) is 0 Å². The molecule has 0 fully saturated rings. The third-order valence-electron chi connectivity index (χ3n) is 2.39. The van der Waals surface area contributed by atoms with Crippen LogP contribution in [0.4, 0.5) is 0 Å². The number of benzene rings is 1. The van der Waals surface area contributed by atoms with Gasteiger partial charge in [0.2, 0.25) is 0 Å². The molecule has 0 N–H and O–H groups in total. The van der Waals surface area contributed by atoms with Crippen LogP contribution in [0.3, 0.4) is 0 Å². The molecule has 92 valence electrons. The second kappa shape index (κ2) is 6.74. The summed E-state index contributed by atoms with van der Waals surface area (Å²) in [6.45, 7) is 9.68. The van der Waals surface area contributed by atoms with Crippen LogP contribution in [0.2, 0.25) is 0 Å². The summed E-state index contributed by atoms with van der Waals surface area (Å²) in [5.41, 5.74) is 3.17. The maximum Gasteiger partial charge on any atom is 0.181 e. The number of rotatable bonds is 4. The first-order chi connectivity index (χ1) is 8.17. The minimum absolute atomic E-state index is 0. The van der Waals surface area contributed by atoms with E-state index in [2.05, 4.69) is 28.8 Å². The Morgan fingerprint density at radius 3 is 2.41 bits per heavy atom. The summed E-state index contributed by atoms with van der Waals surface area (Å²) in [6, 6.07) is 8.01. The van der Waals surface area contributed by atoms with Crippen molar-refractivity contribution in [2.75, 3.05) is 0 Å². The molecule has 3 heteroatoms. The molecule has 0 unspecified atom stereocenters. The topological polar surface area (TPSA) is 37.1 Å². The highest BCUT2D eigenvalue weighted by Crippen LogP contribution is 2.06. The lowest BCUT2D eigenvalue weighted by Crippen LogP contribution is -1.97. The Kier molecular flexibility index (Phi) is 5.27. The van der Waals surface area contributed by atoms with Gasteiger partial charge in [-0.05, 0) is 27.0 Å². The molecular weight excluding hydrogens is 210 g/mol. The second-order valence-electron chi connectivity index (χ2n) is 4.03. The molecule has 0 aliphatic carbocycles. The standard InChI is InChI=1S/C14H19N3.H2/c1-5-6-12(3)16-17-14(15-4)13-9-7-11(2)8-10-13;/h7-10H,4-6H2,1-3H3;1H/b16-12+,17-14-;. The quantitative estimate of drug-likeness (QED) is 0.428. The van der Waals surface area contributed by atoms with Gasteiger partial charge < -0.3 is 0 Å². The molecule has 17 heavy (non-hydrogen) atoms. The molecule has 0 saturated heterocycles. The van der Waals surface area contributed by atoms with E-state index in [9.17, 15) is 0 Å². The Balaban J connectivity index is 0.00000289. The summed E-state index contributed by atoms with van der Waals surface area (Å²) in [5, 5.41) is 8.29. The van der Waals surface area contributed by atoms with Crippen molar-refractivity contribution in [1.29, 1.82) is 0 Å². The van der Waals surface area contributed by atoms with Gasteiger partial charge in [-0.15, -0.1) is 5.10 Å². The van der Waals surface area contributed by atoms with Crippen LogP contribution in [0.5, 0.6) is 0 Å². The lowest BCUT2D eigenvalue weighted by molar-refractivity contribution is 0.977. The Morgan fingerprint density at radius 1 is 1.24 bits per heavy atom. The Morgan fingerprint density at radius 2 is 1.88 bits per heavy atom. The van der Waals surface area contributed by atoms with E-state index in [-0.39, 0.29) is 1.43 Å². The van der Waals surface area contributed by atoms with Crippen molar-refractivity contribution in [2.45, 2.75) is 33.6 Å². The minimum atomic E-state index is 0. The van der Waals surface area contributed by atoms with E-state index in [4.69, 9.17) is 0 Å². The summed E-state index contributed by atoms with van der Waals surface area (Å²) < 4.78 is 0.